The number of carbonyl (C=O) groups is 7. The van der Waals surface area contributed by atoms with E-state index in [1.165, 1.54) is 30.8 Å². The number of hydrogen-bond donors (Lipinski definition) is 10. The first-order valence-electron chi connectivity index (χ1n) is 17.1. The Labute approximate surface area is 308 Å². The van der Waals surface area contributed by atoms with Crippen LogP contribution >= 0.6 is 11.8 Å². The molecule has 1 aromatic rings. The average molecular weight is 753 g/mol. The van der Waals surface area contributed by atoms with Gasteiger partial charge < -0.3 is 54.0 Å². The zero-order valence-corrected chi connectivity index (χ0v) is 31.5. The van der Waals surface area contributed by atoms with Crippen LogP contribution in [0.1, 0.15) is 65.9 Å². The van der Waals surface area contributed by atoms with Crippen molar-refractivity contribution in [3.63, 3.8) is 0 Å². The normalized spacial score (nSPS) is 15.3. The molecule has 7 atom stereocenters. The minimum absolute atomic E-state index is 0.0280. The van der Waals surface area contributed by atoms with E-state index in [0.717, 1.165) is 0 Å². The Bertz CT molecular complexity index is 1380. The predicted octanol–water partition coefficient (Wildman–Crippen LogP) is -1.73. The van der Waals surface area contributed by atoms with Gasteiger partial charge >= 0.3 is 0 Å². The fourth-order valence-corrected chi connectivity index (χ4v) is 5.46. The molecule has 0 bridgehead atoms. The van der Waals surface area contributed by atoms with Gasteiger partial charge in [-0.25, -0.2) is 0 Å². The summed E-state index contributed by atoms with van der Waals surface area (Å²) < 4.78 is 0. The Morgan fingerprint density at radius 2 is 1.12 bits per heavy atom. The van der Waals surface area contributed by atoms with Crippen LogP contribution in [0.3, 0.4) is 0 Å². The molecule has 0 spiro atoms. The maximum atomic E-state index is 13.9. The topological polar surface area (TPSA) is 298 Å². The van der Waals surface area contributed by atoms with E-state index in [1.54, 1.807) is 26.0 Å². The highest BCUT2D eigenvalue weighted by Crippen LogP contribution is 2.14. The van der Waals surface area contributed by atoms with Gasteiger partial charge in [0.2, 0.25) is 41.4 Å². The number of aromatic hydroxyl groups is 1. The summed E-state index contributed by atoms with van der Waals surface area (Å²) >= 11 is 1.43. The molecular formula is C34H56N8O9S. The lowest BCUT2D eigenvalue weighted by Gasteiger charge is -2.28. The molecule has 0 saturated carbocycles. The molecule has 0 radical (unpaired) electrons. The van der Waals surface area contributed by atoms with Crippen molar-refractivity contribution < 1.29 is 43.8 Å². The summed E-state index contributed by atoms with van der Waals surface area (Å²) in [5, 5.41) is 32.3. The molecule has 0 aromatic heterocycles. The first-order chi connectivity index (χ1) is 24.2. The van der Waals surface area contributed by atoms with Gasteiger partial charge in [-0.2, -0.15) is 11.8 Å². The minimum atomic E-state index is -1.54. The maximum Gasteiger partial charge on any atom is 0.243 e. The molecule has 292 valence electrons. The summed E-state index contributed by atoms with van der Waals surface area (Å²) in [7, 11) is 0. The number of phenols is 1. The molecule has 1 rings (SSSR count). The van der Waals surface area contributed by atoms with Crippen molar-refractivity contribution in [3.8, 4) is 5.75 Å². The van der Waals surface area contributed by atoms with Crippen molar-refractivity contribution in [3.05, 3.63) is 29.8 Å². The van der Waals surface area contributed by atoms with Gasteiger partial charge in [-0.15, -0.1) is 0 Å². The number of aliphatic hydroxyl groups is 1. The molecular weight excluding hydrogens is 696 g/mol. The number of nitrogens with two attached hydrogens (primary N) is 3. The van der Waals surface area contributed by atoms with Gasteiger partial charge in [-0.3, -0.25) is 33.6 Å². The Morgan fingerprint density at radius 3 is 1.62 bits per heavy atom. The van der Waals surface area contributed by atoms with E-state index in [-0.39, 0.29) is 43.3 Å². The Hall–Kier alpha value is -4.42. The molecule has 0 unspecified atom stereocenters. The van der Waals surface area contributed by atoms with Crippen LogP contribution in [-0.4, -0.2) is 106 Å². The number of primary amides is 2. The highest BCUT2D eigenvalue weighted by atomic mass is 32.2. The van der Waals surface area contributed by atoms with E-state index in [0.29, 0.717) is 11.3 Å². The summed E-state index contributed by atoms with van der Waals surface area (Å²) in [5.74, 6) is -5.41. The summed E-state index contributed by atoms with van der Waals surface area (Å²) in [4.78, 5) is 90.8. The summed E-state index contributed by atoms with van der Waals surface area (Å²) in [6.45, 7) is 8.56. The van der Waals surface area contributed by atoms with Crippen molar-refractivity contribution in [2.75, 3.05) is 12.0 Å². The van der Waals surface area contributed by atoms with Gasteiger partial charge in [0, 0.05) is 6.42 Å². The largest absolute Gasteiger partial charge is 0.508 e. The number of aliphatic hydroxyl groups excluding tert-OH is 1. The average Bonchev–Trinajstić information content (AvgIpc) is 3.04. The smallest absolute Gasteiger partial charge is 0.243 e. The van der Waals surface area contributed by atoms with Crippen LogP contribution in [0.25, 0.3) is 0 Å². The summed E-state index contributed by atoms with van der Waals surface area (Å²) in [6.07, 6.45) is 0.349. The number of rotatable bonds is 23. The van der Waals surface area contributed by atoms with Gasteiger partial charge in [-0.05, 0) is 67.7 Å². The van der Waals surface area contributed by atoms with Gasteiger partial charge in [-0.1, -0.05) is 39.8 Å². The Kier molecular flexibility index (Phi) is 19.7. The van der Waals surface area contributed by atoms with Crippen molar-refractivity contribution in [1.29, 1.82) is 0 Å². The van der Waals surface area contributed by atoms with Crippen LogP contribution in [0.15, 0.2) is 24.3 Å². The lowest BCUT2D eigenvalue weighted by Crippen LogP contribution is -2.60. The second kappa shape index (κ2) is 22.5. The third kappa shape index (κ3) is 16.7. The van der Waals surface area contributed by atoms with Gasteiger partial charge in [0.25, 0.3) is 0 Å². The zero-order valence-electron chi connectivity index (χ0n) is 30.6. The predicted molar refractivity (Wildman–Crippen MR) is 196 cm³/mol. The molecule has 0 saturated heterocycles. The molecule has 0 aliphatic carbocycles. The number of benzene rings is 1. The van der Waals surface area contributed by atoms with Crippen molar-refractivity contribution >= 4 is 53.1 Å². The Balaban J connectivity index is 3.42. The molecule has 7 amide bonds. The fourth-order valence-electron chi connectivity index (χ4n) is 4.99. The van der Waals surface area contributed by atoms with Gasteiger partial charge in [0.05, 0.1) is 12.5 Å². The molecule has 18 heteroatoms. The molecule has 0 heterocycles. The summed E-state index contributed by atoms with van der Waals surface area (Å²) in [6, 6.07) is -1.72. The molecule has 0 aliphatic heterocycles. The second-order valence-corrected chi connectivity index (χ2v) is 14.5. The SMILES string of the molecule is CSCC[C@H](NC(=O)[C@H](Cc1ccc(O)cc1)NC(=O)[C@H](CC(C)C)NC(=O)[C@H](CC(N)=O)NC(=O)[C@@H](N)[C@@H](C)O)C(=O)N[C@@H](CC(C)C)C(N)=O. The van der Waals surface area contributed by atoms with Crippen molar-refractivity contribution in [2.45, 2.75) is 109 Å². The van der Waals surface area contributed by atoms with Gasteiger partial charge in [0.15, 0.2) is 0 Å². The van der Waals surface area contributed by atoms with Gasteiger partial charge in [0.1, 0.15) is 42.0 Å². The lowest BCUT2D eigenvalue weighted by molar-refractivity contribution is -0.136. The first-order valence-corrected chi connectivity index (χ1v) is 18.4. The van der Waals surface area contributed by atoms with E-state index in [4.69, 9.17) is 17.2 Å². The van der Waals surface area contributed by atoms with Crippen LogP contribution < -0.4 is 43.8 Å². The highest BCUT2D eigenvalue weighted by Gasteiger charge is 2.34. The molecule has 13 N–H and O–H groups in total. The number of carbonyl (C=O) groups excluding carboxylic acids is 7. The van der Waals surface area contributed by atoms with Crippen molar-refractivity contribution in [2.24, 2.45) is 29.0 Å². The van der Waals surface area contributed by atoms with Crippen molar-refractivity contribution in [1.82, 2.24) is 26.6 Å². The minimum Gasteiger partial charge on any atom is -0.508 e. The number of thioether (sulfide) groups is 1. The van der Waals surface area contributed by atoms with E-state index in [2.05, 4.69) is 26.6 Å². The molecule has 0 fully saturated rings. The standard InChI is InChI=1S/C34H56N8O9S/c1-17(2)13-23(29(37)46)39-30(47)22(11-12-52-6)38-32(49)25(15-20-7-9-21(44)10-8-20)41-31(48)24(14-18(3)4)40-33(50)26(16-27(35)45)42-34(51)28(36)19(5)43/h7-10,17-19,22-26,28,43-44H,11-16,36H2,1-6H3,(H2,35,45)(H2,37,46)(H,38,49)(H,39,47)(H,40,50)(H,41,48)(H,42,51)/t19-,22+,23+,24+,25+,26+,28+/m1/s1. The first kappa shape index (κ1) is 45.6. The van der Waals surface area contributed by atoms with Crippen LogP contribution in [0.5, 0.6) is 5.75 Å². The Morgan fingerprint density at radius 1 is 0.673 bits per heavy atom. The molecule has 1 aromatic carbocycles. The quantitative estimate of drug-likeness (QED) is 0.0599. The highest BCUT2D eigenvalue weighted by molar-refractivity contribution is 7.98. The monoisotopic (exact) mass is 752 g/mol. The fraction of sp³-hybridized carbons (Fsp3) is 0.618. The van der Waals surface area contributed by atoms with E-state index >= 15 is 0 Å². The van der Waals surface area contributed by atoms with E-state index < -0.39 is 90.1 Å². The van der Waals surface area contributed by atoms with E-state index in [9.17, 15) is 43.8 Å². The second-order valence-electron chi connectivity index (χ2n) is 13.6. The summed E-state index contributed by atoms with van der Waals surface area (Å²) in [5.41, 5.74) is 17.0. The number of nitrogens with one attached hydrogen (secondary N) is 5. The molecule has 0 aliphatic rings. The van der Waals surface area contributed by atoms with E-state index in [1.807, 2.05) is 20.1 Å². The van der Waals surface area contributed by atoms with Crippen LogP contribution in [0, 0.1) is 11.8 Å². The van der Waals surface area contributed by atoms with Crippen LogP contribution in [0.2, 0.25) is 0 Å². The molecule has 17 nitrogen and oxygen atoms in total. The zero-order chi connectivity index (χ0) is 39.7. The third-order valence-corrected chi connectivity index (χ3v) is 8.46. The maximum absolute atomic E-state index is 13.9. The number of hydrogen-bond acceptors (Lipinski definition) is 11. The van der Waals surface area contributed by atoms with Crippen LogP contribution in [-0.2, 0) is 40.0 Å². The molecule has 52 heavy (non-hydrogen) atoms. The lowest BCUT2D eigenvalue weighted by atomic mass is 10.00. The van der Waals surface area contributed by atoms with Crippen LogP contribution in [0.4, 0.5) is 0 Å². The number of amides is 7. The number of phenolic OH excluding ortho intramolecular Hbond substituents is 1. The third-order valence-electron chi connectivity index (χ3n) is 7.82.